The molecule has 0 atom stereocenters. The number of rotatable bonds is 3. The second kappa shape index (κ2) is 5.52. The standard InChI is InChI=1S/C19H17N7/c1-3-25-16-9-6-10-20-18(16)17(23-25)13-11-21-26(12-13)19-22-14-7-4-5-8-15(14)24(19)2/h4-12H,3H2,1-2H3. The van der Waals surface area contributed by atoms with Crippen molar-refractivity contribution in [3.63, 3.8) is 0 Å². The molecule has 0 radical (unpaired) electrons. The van der Waals surface area contributed by atoms with Crippen molar-refractivity contribution in [1.29, 1.82) is 0 Å². The molecule has 1 aromatic carbocycles. The minimum Gasteiger partial charge on any atom is -0.311 e. The molecule has 0 spiro atoms. The maximum absolute atomic E-state index is 4.72. The van der Waals surface area contributed by atoms with Gasteiger partial charge in [0.25, 0.3) is 0 Å². The molecule has 0 aliphatic rings. The van der Waals surface area contributed by atoms with Gasteiger partial charge in [0.15, 0.2) is 0 Å². The predicted molar refractivity (Wildman–Crippen MR) is 100 cm³/mol. The summed E-state index contributed by atoms with van der Waals surface area (Å²) in [6.45, 7) is 2.87. The summed E-state index contributed by atoms with van der Waals surface area (Å²) in [5.41, 5.74) is 5.70. The van der Waals surface area contributed by atoms with Gasteiger partial charge >= 0.3 is 0 Å². The van der Waals surface area contributed by atoms with Gasteiger partial charge in [0.2, 0.25) is 5.95 Å². The highest BCUT2D eigenvalue weighted by molar-refractivity contribution is 5.89. The van der Waals surface area contributed by atoms with Crippen LogP contribution in [0.15, 0.2) is 55.0 Å². The minimum absolute atomic E-state index is 0.768. The zero-order chi connectivity index (χ0) is 17.7. The maximum Gasteiger partial charge on any atom is 0.231 e. The fraction of sp³-hybridized carbons (Fsp3) is 0.158. The van der Waals surface area contributed by atoms with Crippen LogP contribution in [-0.4, -0.2) is 34.1 Å². The topological polar surface area (TPSA) is 66.3 Å². The van der Waals surface area contributed by atoms with Crippen LogP contribution >= 0.6 is 0 Å². The Balaban J connectivity index is 1.66. The highest BCUT2D eigenvalue weighted by atomic mass is 15.4. The number of imidazole rings is 1. The van der Waals surface area contributed by atoms with Gasteiger partial charge in [0.1, 0.15) is 11.2 Å². The first-order valence-electron chi connectivity index (χ1n) is 8.54. The molecule has 0 aliphatic carbocycles. The third kappa shape index (κ3) is 2.07. The number of benzene rings is 1. The van der Waals surface area contributed by atoms with Crippen molar-refractivity contribution in [2.45, 2.75) is 13.5 Å². The third-order valence-corrected chi connectivity index (χ3v) is 4.63. The van der Waals surface area contributed by atoms with Crippen LogP contribution in [0.3, 0.4) is 0 Å². The molecular weight excluding hydrogens is 326 g/mol. The molecule has 4 aromatic heterocycles. The van der Waals surface area contributed by atoms with Crippen LogP contribution in [0.2, 0.25) is 0 Å². The Morgan fingerprint density at radius 3 is 2.73 bits per heavy atom. The summed E-state index contributed by atoms with van der Waals surface area (Å²) in [5, 5.41) is 9.24. The van der Waals surface area contributed by atoms with E-state index in [2.05, 4.69) is 23.1 Å². The van der Waals surface area contributed by atoms with Crippen molar-refractivity contribution in [3.8, 4) is 17.2 Å². The zero-order valence-electron chi connectivity index (χ0n) is 14.5. The molecule has 0 N–H and O–H groups in total. The second-order valence-electron chi connectivity index (χ2n) is 6.17. The lowest BCUT2D eigenvalue weighted by atomic mass is 10.2. The van der Waals surface area contributed by atoms with E-state index >= 15 is 0 Å². The molecule has 5 aromatic rings. The third-order valence-electron chi connectivity index (χ3n) is 4.63. The van der Waals surface area contributed by atoms with E-state index in [1.807, 2.05) is 59.0 Å². The summed E-state index contributed by atoms with van der Waals surface area (Å²) in [6.07, 6.45) is 5.57. The van der Waals surface area contributed by atoms with Crippen LogP contribution in [0, 0.1) is 0 Å². The van der Waals surface area contributed by atoms with Crippen LogP contribution in [0.4, 0.5) is 0 Å². The van der Waals surface area contributed by atoms with Crippen molar-refractivity contribution in [1.82, 2.24) is 34.1 Å². The molecule has 4 heterocycles. The first-order valence-corrected chi connectivity index (χ1v) is 8.54. The lowest BCUT2D eigenvalue weighted by molar-refractivity contribution is 0.686. The SMILES string of the molecule is CCn1nc(-c2cnn(-c3nc4ccccc4n3C)c2)c2ncccc21. The number of aromatic nitrogens is 7. The molecule has 7 heteroatoms. The van der Waals surface area contributed by atoms with Gasteiger partial charge in [-0.3, -0.25) is 9.67 Å². The van der Waals surface area contributed by atoms with Gasteiger partial charge < -0.3 is 4.57 Å². The molecule has 128 valence electrons. The largest absolute Gasteiger partial charge is 0.311 e. The number of hydrogen-bond donors (Lipinski definition) is 0. The maximum atomic E-state index is 4.72. The van der Waals surface area contributed by atoms with E-state index in [1.54, 1.807) is 10.9 Å². The molecule has 0 aliphatic heterocycles. The first-order chi connectivity index (χ1) is 12.8. The van der Waals surface area contributed by atoms with E-state index in [-0.39, 0.29) is 0 Å². The number of pyridine rings is 1. The Kier molecular flexibility index (Phi) is 3.15. The Bertz CT molecular complexity index is 1240. The van der Waals surface area contributed by atoms with Crippen molar-refractivity contribution in [2.24, 2.45) is 7.05 Å². The summed E-state index contributed by atoms with van der Waals surface area (Å²) in [4.78, 5) is 9.21. The zero-order valence-corrected chi connectivity index (χ0v) is 14.5. The van der Waals surface area contributed by atoms with Crippen LogP contribution in [-0.2, 0) is 13.6 Å². The summed E-state index contributed by atoms with van der Waals surface area (Å²) in [6, 6.07) is 12.0. The van der Waals surface area contributed by atoms with Crippen LogP contribution in [0.5, 0.6) is 0 Å². The van der Waals surface area contributed by atoms with Gasteiger partial charge in [-0.2, -0.15) is 10.2 Å². The molecule has 26 heavy (non-hydrogen) atoms. The van der Waals surface area contributed by atoms with E-state index in [0.717, 1.165) is 45.8 Å². The van der Waals surface area contributed by atoms with Gasteiger partial charge in [-0.1, -0.05) is 12.1 Å². The average Bonchev–Trinajstić information content (AvgIpc) is 3.37. The number of nitrogens with zero attached hydrogens (tertiary/aromatic N) is 7. The van der Waals surface area contributed by atoms with E-state index < -0.39 is 0 Å². The number of aryl methyl sites for hydroxylation is 2. The second-order valence-corrected chi connectivity index (χ2v) is 6.17. The Morgan fingerprint density at radius 2 is 1.88 bits per heavy atom. The van der Waals surface area contributed by atoms with Gasteiger partial charge in [-0.05, 0) is 31.2 Å². The predicted octanol–water partition coefficient (Wildman–Crippen LogP) is 3.19. The van der Waals surface area contributed by atoms with E-state index in [9.17, 15) is 0 Å². The summed E-state index contributed by atoms with van der Waals surface area (Å²) >= 11 is 0. The average molecular weight is 343 g/mol. The van der Waals surface area contributed by atoms with Gasteiger partial charge in [-0.25, -0.2) is 9.67 Å². The van der Waals surface area contributed by atoms with Crippen LogP contribution in [0.1, 0.15) is 6.92 Å². The van der Waals surface area contributed by atoms with E-state index in [4.69, 9.17) is 10.1 Å². The smallest absolute Gasteiger partial charge is 0.231 e. The number of para-hydroxylation sites is 2. The Hall–Kier alpha value is -3.48. The summed E-state index contributed by atoms with van der Waals surface area (Å²) in [7, 11) is 1.99. The Labute approximate surface area is 149 Å². The monoisotopic (exact) mass is 343 g/mol. The molecule has 0 saturated heterocycles. The van der Waals surface area contributed by atoms with Gasteiger partial charge in [-0.15, -0.1) is 0 Å². The van der Waals surface area contributed by atoms with Crippen molar-refractivity contribution in [2.75, 3.05) is 0 Å². The minimum atomic E-state index is 0.768. The molecule has 0 fully saturated rings. The summed E-state index contributed by atoms with van der Waals surface area (Å²) in [5.74, 6) is 0.768. The van der Waals surface area contributed by atoms with Crippen molar-refractivity contribution >= 4 is 22.1 Å². The molecule has 0 saturated carbocycles. The fourth-order valence-electron chi connectivity index (χ4n) is 3.34. The van der Waals surface area contributed by atoms with E-state index in [0.29, 0.717) is 0 Å². The molecule has 0 amide bonds. The van der Waals surface area contributed by atoms with Crippen LogP contribution < -0.4 is 0 Å². The van der Waals surface area contributed by atoms with E-state index in [1.165, 1.54) is 0 Å². The normalized spacial score (nSPS) is 11.6. The van der Waals surface area contributed by atoms with Crippen molar-refractivity contribution in [3.05, 3.63) is 55.0 Å². The Morgan fingerprint density at radius 1 is 1.04 bits per heavy atom. The highest BCUT2D eigenvalue weighted by Gasteiger charge is 2.16. The van der Waals surface area contributed by atoms with Gasteiger partial charge in [0, 0.05) is 31.5 Å². The van der Waals surface area contributed by atoms with Gasteiger partial charge in [0.05, 0.1) is 22.7 Å². The molecular formula is C19H17N7. The molecule has 7 nitrogen and oxygen atoms in total. The highest BCUT2D eigenvalue weighted by Crippen LogP contribution is 2.27. The molecule has 5 rings (SSSR count). The lowest BCUT2D eigenvalue weighted by Crippen LogP contribution is -2.03. The molecule has 0 unspecified atom stereocenters. The number of fused-ring (bicyclic) bond motifs is 2. The summed E-state index contributed by atoms with van der Waals surface area (Å²) < 4.78 is 5.78. The van der Waals surface area contributed by atoms with Crippen LogP contribution in [0.25, 0.3) is 39.3 Å². The number of hydrogen-bond acceptors (Lipinski definition) is 4. The van der Waals surface area contributed by atoms with Crippen molar-refractivity contribution < 1.29 is 0 Å². The first kappa shape index (κ1) is 14.8. The molecule has 0 bridgehead atoms. The quantitative estimate of drug-likeness (QED) is 0.505. The lowest BCUT2D eigenvalue weighted by Gasteiger charge is -2.00. The fourth-order valence-corrected chi connectivity index (χ4v) is 3.34.